The smallest absolute Gasteiger partial charge is 0.260 e. The molecular formula is C27H28F3N5O3. The number of ether oxygens (including phenoxy) is 2. The molecule has 2 aromatic carbocycles. The van der Waals surface area contributed by atoms with E-state index < -0.39 is 24.3 Å². The van der Waals surface area contributed by atoms with E-state index in [0.717, 1.165) is 18.5 Å². The molecule has 0 aliphatic carbocycles. The number of rotatable bonds is 6. The van der Waals surface area contributed by atoms with Gasteiger partial charge in [-0.05, 0) is 42.7 Å². The van der Waals surface area contributed by atoms with Gasteiger partial charge in [0.25, 0.3) is 12.3 Å². The number of anilines is 1. The first-order chi connectivity index (χ1) is 18.4. The van der Waals surface area contributed by atoms with Gasteiger partial charge in [-0.15, -0.1) is 0 Å². The van der Waals surface area contributed by atoms with Gasteiger partial charge >= 0.3 is 0 Å². The van der Waals surface area contributed by atoms with Crippen molar-refractivity contribution in [3.63, 3.8) is 0 Å². The summed E-state index contributed by atoms with van der Waals surface area (Å²) in [4.78, 5) is 14.7. The largest absolute Gasteiger partial charge is 0.493 e. The van der Waals surface area contributed by atoms with Gasteiger partial charge in [0.2, 0.25) is 0 Å². The van der Waals surface area contributed by atoms with Gasteiger partial charge in [-0.3, -0.25) is 4.79 Å². The third-order valence-corrected chi connectivity index (χ3v) is 7.76. The van der Waals surface area contributed by atoms with Gasteiger partial charge < -0.3 is 25.0 Å². The van der Waals surface area contributed by atoms with E-state index in [4.69, 9.17) is 9.47 Å². The van der Waals surface area contributed by atoms with E-state index in [-0.39, 0.29) is 30.0 Å². The zero-order valence-electron chi connectivity index (χ0n) is 21.0. The number of aromatic nitrogens is 2. The van der Waals surface area contributed by atoms with Crippen LogP contribution >= 0.6 is 0 Å². The summed E-state index contributed by atoms with van der Waals surface area (Å²) in [5.41, 5.74) is 1.51. The molecule has 3 aliphatic heterocycles. The maximum absolute atomic E-state index is 15.1. The summed E-state index contributed by atoms with van der Waals surface area (Å²) in [7, 11) is 3.05. The Balaban J connectivity index is 1.28. The van der Waals surface area contributed by atoms with Crippen LogP contribution in [0.2, 0.25) is 0 Å². The predicted octanol–water partition coefficient (Wildman–Crippen LogP) is 4.26. The van der Waals surface area contributed by atoms with E-state index in [1.54, 1.807) is 29.2 Å². The number of methoxy groups -OCH3 is 2. The predicted molar refractivity (Wildman–Crippen MR) is 134 cm³/mol. The van der Waals surface area contributed by atoms with Crippen molar-refractivity contribution in [1.82, 2.24) is 20.0 Å². The second-order valence-electron chi connectivity index (χ2n) is 9.96. The van der Waals surface area contributed by atoms with E-state index >= 15 is 4.39 Å². The van der Waals surface area contributed by atoms with Crippen LogP contribution in [-0.4, -0.2) is 66.4 Å². The molecule has 2 saturated heterocycles. The van der Waals surface area contributed by atoms with Gasteiger partial charge in [0, 0.05) is 36.8 Å². The molecule has 4 atom stereocenters. The van der Waals surface area contributed by atoms with Crippen LogP contribution in [0.3, 0.4) is 0 Å². The molecule has 1 aromatic heterocycles. The molecule has 2 bridgehead atoms. The van der Waals surface area contributed by atoms with Gasteiger partial charge in [0.1, 0.15) is 17.7 Å². The number of hydrogen-bond acceptors (Lipinski definition) is 6. The molecule has 11 heteroatoms. The highest BCUT2D eigenvalue weighted by Gasteiger charge is 2.41. The van der Waals surface area contributed by atoms with Crippen LogP contribution in [0.4, 0.5) is 19.0 Å². The van der Waals surface area contributed by atoms with Crippen molar-refractivity contribution >= 4 is 11.7 Å². The summed E-state index contributed by atoms with van der Waals surface area (Å²) in [6.07, 6.45) is -1.68. The number of alkyl halides is 2. The van der Waals surface area contributed by atoms with Crippen LogP contribution in [0.15, 0.2) is 42.5 Å². The fourth-order valence-corrected chi connectivity index (χ4v) is 5.79. The number of piperazine rings is 1. The molecule has 4 unspecified atom stereocenters. The molecule has 0 saturated carbocycles. The molecule has 0 radical (unpaired) electrons. The molecule has 6 rings (SSSR count). The number of nitrogens with zero attached hydrogens (tertiary/aromatic N) is 3. The number of benzene rings is 2. The Bertz CT molecular complexity index is 1380. The summed E-state index contributed by atoms with van der Waals surface area (Å²) < 4.78 is 55.3. The third-order valence-electron chi connectivity index (χ3n) is 7.76. The highest BCUT2D eigenvalue weighted by molar-refractivity contribution is 5.95. The summed E-state index contributed by atoms with van der Waals surface area (Å²) >= 11 is 0. The van der Waals surface area contributed by atoms with Gasteiger partial charge in [0.15, 0.2) is 11.5 Å². The minimum Gasteiger partial charge on any atom is -0.493 e. The zero-order valence-corrected chi connectivity index (χ0v) is 21.0. The van der Waals surface area contributed by atoms with Crippen LogP contribution < -0.4 is 20.1 Å². The first-order valence-corrected chi connectivity index (χ1v) is 12.6. The SMILES string of the molecule is COc1ccc(C2CC(C(F)F)n3nc(-c4ccc(C(=O)N5CC6CC5CN6)c(F)c4)cc3N2)cc1OC. The van der Waals surface area contributed by atoms with Crippen molar-refractivity contribution in [2.24, 2.45) is 0 Å². The quantitative estimate of drug-likeness (QED) is 0.499. The summed E-state index contributed by atoms with van der Waals surface area (Å²) in [5, 5.41) is 11.0. The number of fused-ring (bicyclic) bond motifs is 3. The normalized spacial score (nSPS) is 23.9. The Hall–Kier alpha value is -3.73. The van der Waals surface area contributed by atoms with E-state index in [2.05, 4.69) is 15.7 Å². The molecule has 4 heterocycles. The first-order valence-electron chi connectivity index (χ1n) is 12.6. The van der Waals surface area contributed by atoms with Crippen molar-refractivity contribution in [2.75, 3.05) is 32.6 Å². The number of amides is 1. The zero-order chi connectivity index (χ0) is 26.6. The Morgan fingerprint density at radius 3 is 2.55 bits per heavy atom. The summed E-state index contributed by atoms with van der Waals surface area (Å²) in [5.74, 6) is 0.462. The fraction of sp³-hybridized carbons (Fsp3) is 0.407. The molecular weight excluding hydrogens is 499 g/mol. The van der Waals surface area contributed by atoms with Crippen LogP contribution in [0.5, 0.6) is 11.5 Å². The van der Waals surface area contributed by atoms with Crippen molar-refractivity contribution < 1.29 is 27.4 Å². The summed E-state index contributed by atoms with van der Waals surface area (Å²) in [6, 6.07) is 10.00. The second kappa shape index (κ2) is 9.54. The number of carbonyl (C=O) groups is 1. The van der Waals surface area contributed by atoms with Crippen molar-refractivity contribution in [2.45, 2.75) is 43.4 Å². The Morgan fingerprint density at radius 1 is 1.08 bits per heavy atom. The number of halogens is 3. The van der Waals surface area contributed by atoms with Crippen molar-refractivity contribution in [3.05, 3.63) is 59.4 Å². The molecule has 2 fully saturated rings. The second-order valence-corrected chi connectivity index (χ2v) is 9.96. The number of likely N-dealkylation sites (tertiary alicyclic amines) is 1. The number of nitrogens with one attached hydrogen (secondary N) is 2. The van der Waals surface area contributed by atoms with Gasteiger partial charge in [-0.2, -0.15) is 5.10 Å². The molecule has 3 aromatic rings. The lowest BCUT2D eigenvalue weighted by atomic mass is 9.97. The molecule has 8 nitrogen and oxygen atoms in total. The summed E-state index contributed by atoms with van der Waals surface area (Å²) in [6.45, 7) is 1.29. The lowest BCUT2D eigenvalue weighted by Crippen LogP contribution is -2.46. The number of hydrogen-bond donors (Lipinski definition) is 2. The van der Waals surface area contributed by atoms with Gasteiger partial charge in [0.05, 0.1) is 31.5 Å². The Labute approximate surface area is 217 Å². The third kappa shape index (κ3) is 4.14. The number of carbonyl (C=O) groups excluding carboxylic acids is 1. The average molecular weight is 528 g/mol. The average Bonchev–Trinajstić information content (AvgIpc) is 3.67. The molecule has 3 aliphatic rings. The first kappa shape index (κ1) is 24.6. The minimum absolute atomic E-state index is 0.00220. The monoisotopic (exact) mass is 527 g/mol. The van der Waals surface area contributed by atoms with E-state index in [1.807, 2.05) is 6.07 Å². The lowest BCUT2D eigenvalue weighted by molar-refractivity contribution is 0.0659. The van der Waals surface area contributed by atoms with Crippen molar-refractivity contribution in [3.8, 4) is 22.8 Å². The van der Waals surface area contributed by atoms with Crippen LogP contribution in [-0.2, 0) is 0 Å². The molecule has 1 amide bonds. The van der Waals surface area contributed by atoms with Crippen LogP contribution in [0.1, 0.15) is 40.8 Å². The topological polar surface area (TPSA) is 80.7 Å². The van der Waals surface area contributed by atoms with Crippen molar-refractivity contribution in [1.29, 1.82) is 0 Å². The van der Waals surface area contributed by atoms with Crippen LogP contribution in [0, 0.1) is 5.82 Å². The standard InChI is InChI=1S/C27H28F3N5O3/c1-37-23-6-4-15(8-24(23)38-2)20-10-22(26(29)30)35-25(32-20)11-21(33-35)14-3-5-18(19(28)7-14)27(36)34-13-16-9-17(34)12-31-16/h3-8,11,16-17,20,22,26,31-32H,9-10,12-13H2,1-2H3. The van der Waals surface area contributed by atoms with Gasteiger partial charge in [-0.1, -0.05) is 12.1 Å². The Morgan fingerprint density at radius 2 is 1.89 bits per heavy atom. The lowest BCUT2D eigenvalue weighted by Gasteiger charge is -2.32. The van der Waals surface area contributed by atoms with E-state index in [9.17, 15) is 13.6 Å². The Kier molecular flexibility index (Phi) is 6.17. The molecule has 0 spiro atoms. The van der Waals surface area contributed by atoms with E-state index in [0.29, 0.717) is 35.1 Å². The maximum Gasteiger partial charge on any atom is 0.260 e. The van der Waals surface area contributed by atoms with Crippen LogP contribution in [0.25, 0.3) is 11.3 Å². The maximum atomic E-state index is 15.1. The molecule has 200 valence electrons. The fourth-order valence-electron chi connectivity index (χ4n) is 5.79. The van der Waals surface area contributed by atoms with E-state index in [1.165, 1.54) is 31.0 Å². The highest BCUT2D eigenvalue weighted by Crippen LogP contribution is 2.41. The highest BCUT2D eigenvalue weighted by atomic mass is 19.3. The molecule has 2 N–H and O–H groups in total. The van der Waals surface area contributed by atoms with Gasteiger partial charge in [-0.25, -0.2) is 17.9 Å². The minimum atomic E-state index is -2.66. The molecule has 38 heavy (non-hydrogen) atoms.